The highest BCUT2D eigenvalue weighted by atomic mass is 32.2. The van der Waals surface area contributed by atoms with Crippen LogP contribution in [0.1, 0.15) is 6.42 Å². The molecule has 0 spiro atoms. The van der Waals surface area contributed by atoms with Crippen LogP contribution in [-0.2, 0) is 23.4 Å². The summed E-state index contributed by atoms with van der Waals surface area (Å²) in [6, 6.07) is 0. The summed E-state index contributed by atoms with van der Waals surface area (Å²) < 4.78 is 24.0. The first-order valence-electron chi connectivity index (χ1n) is 4.96. The maximum atomic E-state index is 11.6. The molecule has 0 saturated carbocycles. The van der Waals surface area contributed by atoms with Crippen LogP contribution >= 0.6 is 0 Å². The number of hydrogen-bond acceptors (Lipinski definition) is 5. The number of nitrogen functional groups attached to an aromatic ring is 1. The average Bonchev–Trinajstić information content (AvgIpc) is 2.19. The van der Waals surface area contributed by atoms with Crippen molar-refractivity contribution in [2.24, 2.45) is 7.05 Å². The standard InChI is InChI=1S/C9H15N3O4S/c1-11-6-7(10)8(13)12(9(11)14)4-3-5-17(2,15)16/h6H,3-5,10H2,1-2H3. The molecule has 0 amide bonds. The van der Waals surface area contributed by atoms with Crippen molar-refractivity contribution in [3.05, 3.63) is 27.0 Å². The summed E-state index contributed by atoms with van der Waals surface area (Å²) in [5.74, 6) is -0.0720. The highest BCUT2D eigenvalue weighted by Crippen LogP contribution is 1.92. The molecule has 7 nitrogen and oxygen atoms in total. The summed E-state index contributed by atoms with van der Waals surface area (Å²) in [7, 11) is -1.62. The monoisotopic (exact) mass is 261 g/mol. The first-order valence-corrected chi connectivity index (χ1v) is 7.02. The van der Waals surface area contributed by atoms with E-state index in [1.54, 1.807) is 0 Å². The van der Waals surface area contributed by atoms with E-state index in [2.05, 4.69) is 0 Å². The van der Waals surface area contributed by atoms with E-state index in [0.29, 0.717) is 0 Å². The number of hydrogen-bond donors (Lipinski definition) is 1. The minimum Gasteiger partial charge on any atom is -0.393 e. The largest absolute Gasteiger partial charge is 0.393 e. The molecule has 17 heavy (non-hydrogen) atoms. The second-order valence-electron chi connectivity index (χ2n) is 3.92. The molecule has 0 radical (unpaired) electrons. The molecule has 0 atom stereocenters. The number of nitrogens with two attached hydrogens (primary N) is 1. The van der Waals surface area contributed by atoms with Crippen molar-refractivity contribution in [1.29, 1.82) is 0 Å². The van der Waals surface area contributed by atoms with Gasteiger partial charge in [-0.15, -0.1) is 0 Å². The first-order chi connectivity index (χ1) is 7.72. The van der Waals surface area contributed by atoms with Crippen molar-refractivity contribution in [3.63, 3.8) is 0 Å². The van der Waals surface area contributed by atoms with E-state index in [9.17, 15) is 18.0 Å². The van der Waals surface area contributed by atoms with E-state index in [1.807, 2.05) is 0 Å². The van der Waals surface area contributed by atoms with Crippen LogP contribution in [0.15, 0.2) is 15.8 Å². The van der Waals surface area contributed by atoms with Crippen molar-refractivity contribution < 1.29 is 8.42 Å². The summed E-state index contributed by atoms with van der Waals surface area (Å²) in [4.78, 5) is 23.2. The van der Waals surface area contributed by atoms with Gasteiger partial charge in [0.15, 0.2) is 0 Å². The van der Waals surface area contributed by atoms with E-state index in [-0.39, 0.29) is 24.4 Å². The van der Waals surface area contributed by atoms with E-state index in [0.717, 1.165) is 10.8 Å². The predicted octanol–water partition coefficient (Wildman–Crippen LogP) is -1.44. The molecular formula is C9H15N3O4S. The zero-order chi connectivity index (χ0) is 13.2. The van der Waals surface area contributed by atoms with Crippen LogP contribution in [0.5, 0.6) is 0 Å². The molecule has 0 aliphatic rings. The molecule has 1 aromatic rings. The summed E-state index contributed by atoms with van der Waals surface area (Å²) >= 11 is 0. The molecule has 1 heterocycles. The van der Waals surface area contributed by atoms with Gasteiger partial charge in [0.05, 0.1) is 5.75 Å². The molecule has 0 saturated heterocycles. The van der Waals surface area contributed by atoms with Gasteiger partial charge in [0.2, 0.25) is 0 Å². The topological polar surface area (TPSA) is 104 Å². The molecule has 8 heteroatoms. The highest BCUT2D eigenvalue weighted by molar-refractivity contribution is 7.90. The van der Waals surface area contributed by atoms with Gasteiger partial charge < -0.3 is 10.3 Å². The second-order valence-corrected chi connectivity index (χ2v) is 6.18. The molecule has 0 unspecified atom stereocenters. The summed E-state index contributed by atoms with van der Waals surface area (Å²) in [6.07, 6.45) is 2.56. The quantitative estimate of drug-likeness (QED) is 0.715. The molecule has 96 valence electrons. The third-order valence-electron chi connectivity index (χ3n) is 2.25. The van der Waals surface area contributed by atoms with Gasteiger partial charge in [0, 0.05) is 26.0 Å². The lowest BCUT2D eigenvalue weighted by Crippen LogP contribution is -2.40. The number of aryl methyl sites for hydroxylation is 1. The van der Waals surface area contributed by atoms with Gasteiger partial charge in [-0.05, 0) is 6.42 Å². The number of rotatable bonds is 4. The molecule has 0 aliphatic heterocycles. The number of anilines is 1. The minimum absolute atomic E-state index is 0.0357. The molecule has 2 N–H and O–H groups in total. The lowest BCUT2D eigenvalue weighted by molar-refractivity contribution is 0.568. The SMILES string of the molecule is Cn1cc(N)c(=O)n(CCCS(C)(=O)=O)c1=O. The lowest BCUT2D eigenvalue weighted by Gasteiger charge is -2.07. The van der Waals surface area contributed by atoms with Crippen LogP contribution in [0.25, 0.3) is 0 Å². The van der Waals surface area contributed by atoms with Crippen molar-refractivity contribution in [2.45, 2.75) is 13.0 Å². The molecule has 0 aliphatic carbocycles. The van der Waals surface area contributed by atoms with Crippen LogP contribution in [0, 0.1) is 0 Å². The van der Waals surface area contributed by atoms with Crippen LogP contribution < -0.4 is 17.0 Å². The van der Waals surface area contributed by atoms with Gasteiger partial charge in [-0.2, -0.15) is 0 Å². The number of aromatic nitrogens is 2. The molecule has 0 bridgehead atoms. The molecular weight excluding hydrogens is 246 g/mol. The summed E-state index contributed by atoms with van der Waals surface area (Å²) in [5, 5.41) is 0. The predicted molar refractivity (Wildman–Crippen MR) is 64.7 cm³/mol. The van der Waals surface area contributed by atoms with Gasteiger partial charge in [0.1, 0.15) is 15.5 Å². The minimum atomic E-state index is -3.10. The van der Waals surface area contributed by atoms with Gasteiger partial charge in [-0.1, -0.05) is 0 Å². The Morgan fingerprint density at radius 1 is 1.35 bits per heavy atom. The Labute approximate surface area is 98.4 Å². The van der Waals surface area contributed by atoms with Crippen molar-refractivity contribution in [2.75, 3.05) is 17.7 Å². The molecule has 0 aromatic carbocycles. The van der Waals surface area contributed by atoms with Crippen LogP contribution in [0.4, 0.5) is 5.69 Å². The number of sulfone groups is 1. The van der Waals surface area contributed by atoms with Crippen molar-refractivity contribution >= 4 is 15.5 Å². The molecule has 1 rings (SSSR count). The third kappa shape index (κ3) is 3.45. The van der Waals surface area contributed by atoms with E-state index >= 15 is 0 Å². The Balaban J connectivity index is 3.00. The van der Waals surface area contributed by atoms with Crippen LogP contribution in [-0.4, -0.2) is 29.6 Å². The van der Waals surface area contributed by atoms with E-state index in [4.69, 9.17) is 5.73 Å². The lowest BCUT2D eigenvalue weighted by atomic mass is 10.4. The maximum absolute atomic E-state index is 11.6. The van der Waals surface area contributed by atoms with Crippen molar-refractivity contribution in [3.8, 4) is 0 Å². The Morgan fingerprint density at radius 3 is 2.47 bits per heavy atom. The second kappa shape index (κ2) is 4.74. The van der Waals surface area contributed by atoms with Gasteiger partial charge in [0.25, 0.3) is 5.56 Å². The fourth-order valence-corrected chi connectivity index (χ4v) is 2.09. The third-order valence-corrected chi connectivity index (χ3v) is 3.28. The van der Waals surface area contributed by atoms with Gasteiger partial charge in [-0.25, -0.2) is 13.2 Å². The maximum Gasteiger partial charge on any atom is 0.330 e. The highest BCUT2D eigenvalue weighted by Gasteiger charge is 2.08. The summed E-state index contributed by atoms with van der Waals surface area (Å²) in [5.41, 5.74) is 4.32. The summed E-state index contributed by atoms with van der Waals surface area (Å²) in [6.45, 7) is 0.0453. The fourth-order valence-electron chi connectivity index (χ4n) is 1.43. The molecule has 0 fully saturated rings. The average molecular weight is 261 g/mol. The Morgan fingerprint density at radius 2 is 1.94 bits per heavy atom. The zero-order valence-electron chi connectivity index (χ0n) is 9.71. The van der Waals surface area contributed by atoms with E-state index < -0.39 is 21.1 Å². The van der Waals surface area contributed by atoms with Crippen LogP contribution in [0.2, 0.25) is 0 Å². The molecule has 1 aromatic heterocycles. The fraction of sp³-hybridized carbons (Fsp3) is 0.556. The Hall–Kier alpha value is -1.57. The zero-order valence-corrected chi connectivity index (χ0v) is 10.5. The smallest absolute Gasteiger partial charge is 0.330 e. The van der Waals surface area contributed by atoms with Gasteiger partial charge >= 0.3 is 5.69 Å². The first kappa shape index (κ1) is 13.5. The van der Waals surface area contributed by atoms with E-state index in [1.165, 1.54) is 17.8 Å². The Kier molecular flexibility index (Phi) is 3.76. The normalized spacial score (nSPS) is 11.6. The van der Waals surface area contributed by atoms with Gasteiger partial charge in [-0.3, -0.25) is 9.36 Å². The Bertz CT molecular complexity index is 592. The number of nitrogens with zero attached hydrogens (tertiary/aromatic N) is 2. The van der Waals surface area contributed by atoms with Crippen molar-refractivity contribution in [1.82, 2.24) is 9.13 Å². The van der Waals surface area contributed by atoms with Crippen LogP contribution in [0.3, 0.4) is 0 Å².